The molecular weight excluding hydrogens is 162 g/mol. The van der Waals surface area contributed by atoms with Crippen LogP contribution in [0.2, 0.25) is 0 Å². The van der Waals surface area contributed by atoms with Crippen molar-refractivity contribution in [3.05, 3.63) is 0 Å². The molecule has 0 aliphatic carbocycles. The molecular formula is C11H21NO. The first-order valence-corrected chi connectivity index (χ1v) is 4.92. The van der Waals surface area contributed by atoms with Gasteiger partial charge in [0, 0.05) is 6.54 Å². The topological polar surface area (TPSA) is 21.3 Å². The Hall–Kier alpha value is -0.520. The first-order chi connectivity index (χ1) is 6.16. The predicted molar refractivity (Wildman–Crippen MR) is 56.6 cm³/mol. The Bertz CT molecular complexity index is 149. The average molecular weight is 183 g/mol. The highest BCUT2D eigenvalue weighted by Gasteiger charge is 2.03. The third-order valence-corrected chi connectivity index (χ3v) is 1.71. The van der Waals surface area contributed by atoms with E-state index in [-0.39, 0.29) is 0 Å². The van der Waals surface area contributed by atoms with E-state index in [2.05, 4.69) is 32.0 Å². The standard InChI is InChI=1S/C11H21NO/c1-5-6-12-7-8-13-11(4)9-10(2)3/h1,10-12H,6-9H2,2-4H3. The van der Waals surface area contributed by atoms with Gasteiger partial charge in [0.2, 0.25) is 0 Å². The maximum absolute atomic E-state index is 5.57. The fourth-order valence-electron chi connectivity index (χ4n) is 1.22. The molecule has 2 nitrogen and oxygen atoms in total. The van der Waals surface area contributed by atoms with Crippen molar-refractivity contribution in [1.29, 1.82) is 0 Å². The van der Waals surface area contributed by atoms with Crippen LogP contribution >= 0.6 is 0 Å². The van der Waals surface area contributed by atoms with Crippen LogP contribution in [0.1, 0.15) is 27.2 Å². The summed E-state index contributed by atoms with van der Waals surface area (Å²) >= 11 is 0. The Morgan fingerprint density at radius 2 is 2.08 bits per heavy atom. The average Bonchev–Trinajstić information content (AvgIpc) is 2.02. The summed E-state index contributed by atoms with van der Waals surface area (Å²) in [6.07, 6.45) is 6.56. The van der Waals surface area contributed by atoms with E-state index >= 15 is 0 Å². The summed E-state index contributed by atoms with van der Waals surface area (Å²) in [6, 6.07) is 0. The van der Waals surface area contributed by atoms with Crippen LogP contribution in [0.25, 0.3) is 0 Å². The molecule has 0 radical (unpaired) electrons. The van der Waals surface area contributed by atoms with E-state index in [4.69, 9.17) is 11.2 Å². The van der Waals surface area contributed by atoms with Gasteiger partial charge in [-0.15, -0.1) is 6.42 Å². The summed E-state index contributed by atoms with van der Waals surface area (Å²) in [5.41, 5.74) is 0. The van der Waals surface area contributed by atoms with E-state index in [1.807, 2.05) is 0 Å². The fraction of sp³-hybridized carbons (Fsp3) is 0.818. The van der Waals surface area contributed by atoms with Crippen LogP contribution in [0.3, 0.4) is 0 Å². The molecule has 0 amide bonds. The van der Waals surface area contributed by atoms with Crippen LogP contribution in [0, 0.1) is 18.3 Å². The molecule has 2 heteroatoms. The molecule has 0 rings (SSSR count). The van der Waals surface area contributed by atoms with Crippen LogP contribution in [0.5, 0.6) is 0 Å². The lowest BCUT2D eigenvalue weighted by Gasteiger charge is -2.14. The molecule has 0 fully saturated rings. The highest BCUT2D eigenvalue weighted by Crippen LogP contribution is 2.06. The number of rotatable bonds is 7. The lowest BCUT2D eigenvalue weighted by molar-refractivity contribution is 0.0544. The summed E-state index contributed by atoms with van der Waals surface area (Å²) in [6.45, 7) is 8.73. The third-order valence-electron chi connectivity index (χ3n) is 1.71. The smallest absolute Gasteiger partial charge is 0.0594 e. The lowest BCUT2D eigenvalue weighted by Crippen LogP contribution is -2.22. The first kappa shape index (κ1) is 12.5. The Kier molecular flexibility index (Phi) is 7.77. The molecule has 0 aromatic heterocycles. The zero-order chi connectivity index (χ0) is 10.1. The zero-order valence-electron chi connectivity index (χ0n) is 8.97. The van der Waals surface area contributed by atoms with E-state index < -0.39 is 0 Å². The van der Waals surface area contributed by atoms with Crippen LogP contribution in [0.15, 0.2) is 0 Å². The van der Waals surface area contributed by atoms with Gasteiger partial charge in [-0.05, 0) is 19.3 Å². The van der Waals surface area contributed by atoms with Crippen molar-refractivity contribution in [3.63, 3.8) is 0 Å². The van der Waals surface area contributed by atoms with E-state index in [0.29, 0.717) is 18.6 Å². The molecule has 0 aliphatic heterocycles. The Balaban J connectivity index is 3.18. The molecule has 1 atom stereocenters. The van der Waals surface area contributed by atoms with Gasteiger partial charge in [-0.2, -0.15) is 0 Å². The van der Waals surface area contributed by atoms with Crippen molar-refractivity contribution in [1.82, 2.24) is 5.32 Å². The van der Waals surface area contributed by atoms with Gasteiger partial charge in [0.1, 0.15) is 0 Å². The van der Waals surface area contributed by atoms with Gasteiger partial charge in [-0.25, -0.2) is 0 Å². The molecule has 0 spiro atoms. The Labute approximate surface area is 82.1 Å². The zero-order valence-corrected chi connectivity index (χ0v) is 8.97. The SMILES string of the molecule is C#CCNCCOC(C)CC(C)C. The van der Waals surface area contributed by atoms with Crippen LogP contribution in [-0.2, 0) is 4.74 Å². The van der Waals surface area contributed by atoms with Gasteiger partial charge in [-0.3, -0.25) is 0 Å². The Morgan fingerprint density at radius 3 is 2.62 bits per heavy atom. The van der Waals surface area contributed by atoms with Crippen LogP contribution < -0.4 is 5.32 Å². The molecule has 0 aromatic rings. The fourth-order valence-corrected chi connectivity index (χ4v) is 1.22. The van der Waals surface area contributed by atoms with Crippen LogP contribution in [-0.4, -0.2) is 25.8 Å². The summed E-state index contributed by atoms with van der Waals surface area (Å²) < 4.78 is 5.57. The molecule has 1 N–H and O–H groups in total. The van der Waals surface area contributed by atoms with Gasteiger partial charge in [0.05, 0.1) is 19.3 Å². The highest BCUT2D eigenvalue weighted by molar-refractivity contribution is 4.86. The number of terminal acetylenes is 1. The molecule has 0 saturated heterocycles. The molecule has 0 heterocycles. The van der Waals surface area contributed by atoms with Gasteiger partial charge < -0.3 is 10.1 Å². The largest absolute Gasteiger partial charge is 0.377 e. The van der Waals surface area contributed by atoms with E-state index in [1.165, 1.54) is 0 Å². The third kappa shape index (κ3) is 9.39. The quantitative estimate of drug-likeness (QED) is 0.479. The van der Waals surface area contributed by atoms with E-state index in [0.717, 1.165) is 19.6 Å². The normalized spacial score (nSPS) is 12.8. The van der Waals surface area contributed by atoms with Crippen molar-refractivity contribution in [2.75, 3.05) is 19.7 Å². The first-order valence-electron chi connectivity index (χ1n) is 4.92. The minimum absolute atomic E-state index is 0.354. The molecule has 1 unspecified atom stereocenters. The second kappa shape index (κ2) is 8.10. The number of ether oxygens (including phenoxy) is 1. The van der Waals surface area contributed by atoms with E-state index in [1.54, 1.807) is 0 Å². The Morgan fingerprint density at radius 1 is 1.38 bits per heavy atom. The van der Waals surface area contributed by atoms with Gasteiger partial charge in [0.25, 0.3) is 0 Å². The second-order valence-corrected chi connectivity index (χ2v) is 3.69. The maximum Gasteiger partial charge on any atom is 0.0594 e. The molecule has 0 bridgehead atoms. The number of nitrogens with one attached hydrogen (secondary N) is 1. The molecule has 0 saturated carbocycles. The van der Waals surface area contributed by atoms with Crippen LogP contribution in [0.4, 0.5) is 0 Å². The second-order valence-electron chi connectivity index (χ2n) is 3.69. The highest BCUT2D eigenvalue weighted by atomic mass is 16.5. The number of hydrogen-bond acceptors (Lipinski definition) is 2. The predicted octanol–water partition coefficient (Wildman–Crippen LogP) is 1.66. The monoisotopic (exact) mass is 183 g/mol. The molecule has 0 aromatic carbocycles. The van der Waals surface area contributed by atoms with Crippen molar-refractivity contribution in [3.8, 4) is 12.3 Å². The maximum atomic E-state index is 5.57. The summed E-state index contributed by atoms with van der Waals surface area (Å²) in [5.74, 6) is 3.22. The van der Waals surface area contributed by atoms with Gasteiger partial charge >= 0.3 is 0 Å². The lowest BCUT2D eigenvalue weighted by atomic mass is 10.1. The minimum Gasteiger partial charge on any atom is -0.377 e. The minimum atomic E-state index is 0.354. The summed E-state index contributed by atoms with van der Waals surface area (Å²) in [7, 11) is 0. The van der Waals surface area contributed by atoms with Crippen molar-refractivity contribution in [2.24, 2.45) is 5.92 Å². The van der Waals surface area contributed by atoms with Gasteiger partial charge in [0.15, 0.2) is 0 Å². The van der Waals surface area contributed by atoms with Crippen molar-refractivity contribution >= 4 is 0 Å². The molecule has 0 aliphatic rings. The number of hydrogen-bond donors (Lipinski definition) is 1. The van der Waals surface area contributed by atoms with E-state index in [9.17, 15) is 0 Å². The summed E-state index contributed by atoms with van der Waals surface area (Å²) in [5, 5.41) is 3.08. The molecule has 76 valence electrons. The molecule has 13 heavy (non-hydrogen) atoms. The van der Waals surface area contributed by atoms with Crippen molar-refractivity contribution < 1.29 is 4.74 Å². The van der Waals surface area contributed by atoms with Crippen molar-refractivity contribution in [2.45, 2.75) is 33.3 Å². The van der Waals surface area contributed by atoms with Gasteiger partial charge in [-0.1, -0.05) is 19.8 Å². The summed E-state index contributed by atoms with van der Waals surface area (Å²) in [4.78, 5) is 0.